The number of nitrogens with zero attached hydrogens (tertiary/aromatic N) is 2. The maximum atomic E-state index is 4.10. The van der Waals surface area contributed by atoms with Gasteiger partial charge in [0.25, 0.3) is 0 Å². The van der Waals surface area contributed by atoms with Crippen LogP contribution in [0.3, 0.4) is 0 Å². The number of aromatic nitrogens is 2. The van der Waals surface area contributed by atoms with Crippen LogP contribution in [0.15, 0.2) is 12.3 Å². The van der Waals surface area contributed by atoms with Crippen LogP contribution < -0.4 is 21.1 Å². The van der Waals surface area contributed by atoms with Gasteiger partial charge in [0.15, 0.2) is 0 Å². The van der Waals surface area contributed by atoms with E-state index < -0.39 is 0 Å². The first kappa shape index (κ1) is 17.4. The van der Waals surface area contributed by atoms with E-state index in [1.807, 2.05) is 40.0 Å². The molecule has 1 aromatic rings. The average Bonchev–Trinajstić information content (AvgIpc) is 2.53. The molecule has 2 heterocycles. The van der Waals surface area contributed by atoms with Gasteiger partial charge in [-0.25, -0.2) is 0 Å². The Balaban J connectivity index is 0.000000304. The molecule has 21 heavy (non-hydrogen) atoms. The van der Waals surface area contributed by atoms with Gasteiger partial charge in [0.05, 0.1) is 11.4 Å². The number of nitrogens with one attached hydrogen (secondary N) is 2. The fourth-order valence-corrected chi connectivity index (χ4v) is 2.24. The summed E-state index contributed by atoms with van der Waals surface area (Å²) in [6.07, 6.45) is 8.26. The summed E-state index contributed by atoms with van der Waals surface area (Å²) in [4.78, 5) is 0. The lowest BCUT2D eigenvalue weighted by Crippen LogP contribution is -2.33. The fourth-order valence-electron chi connectivity index (χ4n) is 2.24. The molecule has 116 valence electrons. The van der Waals surface area contributed by atoms with E-state index in [1.165, 1.54) is 32.4 Å². The minimum absolute atomic E-state index is 0.869. The lowest BCUT2D eigenvalue weighted by atomic mass is 10.2. The van der Waals surface area contributed by atoms with Gasteiger partial charge in [-0.05, 0) is 52.8 Å². The quantitative estimate of drug-likeness (QED) is 0.858. The van der Waals surface area contributed by atoms with E-state index in [4.69, 9.17) is 0 Å². The Morgan fingerprint density at radius 3 is 2.05 bits per heavy atom. The highest BCUT2D eigenvalue weighted by Crippen LogP contribution is 1.96. The second-order valence-electron chi connectivity index (χ2n) is 5.22. The molecule has 1 fully saturated rings. The zero-order chi connectivity index (χ0) is 15.7. The number of allylic oxidation sites excluding steroid dienone is 1. The minimum Gasteiger partial charge on any atom is -0.389 e. The molecule has 0 saturated carbocycles. The largest absolute Gasteiger partial charge is 0.389 e. The standard InChI is InChI=1S/C12H17N3.C5H11N/c1-6-11-9(3)14-15-10(4)12(11)7-8(2)13-5;1-2-4-6-5-3-1/h6-7,13H,2H2,1,3-5H3;6H,1-5H2/b11-6-,12-7-;. The van der Waals surface area contributed by atoms with Crippen molar-refractivity contribution in [2.75, 3.05) is 20.1 Å². The monoisotopic (exact) mass is 288 g/mol. The number of hydrogen-bond donors (Lipinski definition) is 2. The molecule has 2 N–H and O–H groups in total. The molecule has 1 aliphatic heterocycles. The molecular weight excluding hydrogens is 260 g/mol. The molecule has 1 aliphatic rings. The predicted molar refractivity (Wildman–Crippen MR) is 90.3 cm³/mol. The minimum atomic E-state index is 0.869. The van der Waals surface area contributed by atoms with Crippen molar-refractivity contribution in [1.29, 1.82) is 0 Å². The van der Waals surface area contributed by atoms with Gasteiger partial charge in [0.1, 0.15) is 0 Å². The van der Waals surface area contributed by atoms with Crippen molar-refractivity contribution in [3.05, 3.63) is 34.1 Å². The normalized spacial score (nSPS) is 16.2. The molecule has 0 amide bonds. The summed E-state index contributed by atoms with van der Waals surface area (Å²) in [5.74, 6) is 0. The van der Waals surface area contributed by atoms with Crippen molar-refractivity contribution >= 4 is 12.2 Å². The van der Waals surface area contributed by atoms with Gasteiger partial charge in [-0.15, -0.1) is 0 Å². The summed E-state index contributed by atoms with van der Waals surface area (Å²) in [5.41, 5.74) is 2.73. The smallest absolute Gasteiger partial charge is 0.0679 e. The van der Waals surface area contributed by atoms with Gasteiger partial charge in [0.2, 0.25) is 0 Å². The molecule has 0 aromatic carbocycles. The number of rotatable bonds is 2. The number of piperidine rings is 1. The van der Waals surface area contributed by atoms with E-state index in [0.29, 0.717) is 0 Å². The van der Waals surface area contributed by atoms with E-state index in [1.54, 1.807) is 0 Å². The molecule has 0 atom stereocenters. The second kappa shape index (κ2) is 9.29. The van der Waals surface area contributed by atoms with Crippen LogP contribution in [0.5, 0.6) is 0 Å². The summed E-state index contributed by atoms with van der Waals surface area (Å²) in [6, 6.07) is 0. The Morgan fingerprint density at radius 2 is 1.67 bits per heavy atom. The van der Waals surface area contributed by atoms with E-state index in [2.05, 4.69) is 27.4 Å². The van der Waals surface area contributed by atoms with Gasteiger partial charge >= 0.3 is 0 Å². The molecule has 4 heteroatoms. The zero-order valence-corrected chi connectivity index (χ0v) is 13.8. The average molecular weight is 288 g/mol. The number of hydrogen-bond acceptors (Lipinski definition) is 4. The summed E-state index contributed by atoms with van der Waals surface area (Å²) >= 11 is 0. The molecule has 0 spiro atoms. The molecular formula is C17H28N4. The summed E-state index contributed by atoms with van der Waals surface area (Å²) in [7, 11) is 1.85. The highest BCUT2D eigenvalue weighted by molar-refractivity contribution is 5.46. The molecule has 0 bridgehead atoms. The zero-order valence-electron chi connectivity index (χ0n) is 13.8. The van der Waals surface area contributed by atoms with E-state index in [9.17, 15) is 0 Å². The topological polar surface area (TPSA) is 49.8 Å². The van der Waals surface area contributed by atoms with Crippen LogP contribution >= 0.6 is 0 Å². The molecule has 1 aromatic heterocycles. The Hall–Kier alpha value is -1.68. The lowest BCUT2D eigenvalue weighted by Gasteiger charge is -2.08. The van der Waals surface area contributed by atoms with Crippen LogP contribution in [0.1, 0.15) is 37.6 Å². The van der Waals surface area contributed by atoms with Crippen molar-refractivity contribution in [2.24, 2.45) is 0 Å². The fraction of sp³-hybridized carbons (Fsp3) is 0.529. The number of aryl methyl sites for hydroxylation is 2. The summed E-state index contributed by atoms with van der Waals surface area (Å²) < 4.78 is 0. The van der Waals surface area contributed by atoms with E-state index in [0.717, 1.165) is 27.5 Å². The van der Waals surface area contributed by atoms with Crippen LogP contribution in [0, 0.1) is 13.8 Å². The predicted octanol–water partition coefficient (Wildman–Crippen LogP) is 1.17. The van der Waals surface area contributed by atoms with Crippen molar-refractivity contribution in [3.8, 4) is 0 Å². The second-order valence-corrected chi connectivity index (χ2v) is 5.22. The molecule has 2 rings (SSSR count). The van der Waals surface area contributed by atoms with Crippen LogP contribution in [0.4, 0.5) is 0 Å². The van der Waals surface area contributed by atoms with Gasteiger partial charge in [0, 0.05) is 23.2 Å². The van der Waals surface area contributed by atoms with Crippen molar-refractivity contribution in [2.45, 2.75) is 40.0 Å². The third-order valence-corrected chi connectivity index (χ3v) is 3.56. The first-order valence-corrected chi connectivity index (χ1v) is 7.65. The van der Waals surface area contributed by atoms with E-state index >= 15 is 0 Å². The Morgan fingerprint density at radius 1 is 1.10 bits per heavy atom. The van der Waals surface area contributed by atoms with Crippen molar-refractivity contribution < 1.29 is 0 Å². The Kier molecular flexibility index (Phi) is 7.69. The third-order valence-electron chi connectivity index (χ3n) is 3.56. The van der Waals surface area contributed by atoms with Crippen molar-refractivity contribution in [3.63, 3.8) is 0 Å². The summed E-state index contributed by atoms with van der Waals surface area (Å²) in [5, 5.41) is 16.7. The van der Waals surface area contributed by atoms with Crippen molar-refractivity contribution in [1.82, 2.24) is 20.8 Å². The van der Waals surface area contributed by atoms with Gasteiger partial charge in [-0.3, -0.25) is 0 Å². The maximum absolute atomic E-state index is 4.10. The SMILES string of the molecule is C1CCNCC1.C=C(/C=c1/c(C)nnc(C)/c1=C/C)NC. The molecule has 0 unspecified atom stereocenters. The molecule has 0 aliphatic carbocycles. The highest BCUT2D eigenvalue weighted by atomic mass is 15.1. The maximum Gasteiger partial charge on any atom is 0.0679 e. The molecule has 4 nitrogen and oxygen atoms in total. The van der Waals surface area contributed by atoms with Gasteiger partial charge < -0.3 is 10.6 Å². The molecule has 1 saturated heterocycles. The van der Waals surface area contributed by atoms with Crippen LogP contribution in [-0.4, -0.2) is 30.3 Å². The molecule has 0 radical (unpaired) electrons. The van der Waals surface area contributed by atoms with Crippen LogP contribution in [0.2, 0.25) is 0 Å². The van der Waals surface area contributed by atoms with Gasteiger partial charge in [-0.1, -0.05) is 19.1 Å². The van der Waals surface area contributed by atoms with Crippen LogP contribution in [0.25, 0.3) is 12.2 Å². The Bertz CT molecular complexity index is 560. The third kappa shape index (κ3) is 5.68. The Labute approximate surface area is 128 Å². The highest BCUT2D eigenvalue weighted by Gasteiger charge is 1.98. The van der Waals surface area contributed by atoms with Gasteiger partial charge in [-0.2, -0.15) is 10.2 Å². The first-order chi connectivity index (χ1) is 10.1. The first-order valence-electron chi connectivity index (χ1n) is 7.65. The van der Waals surface area contributed by atoms with Crippen LogP contribution in [-0.2, 0) is 0 Å². The lowest BCUT2D eigenvalue weighted by molar-refractivity contribution is 0.520. The van der Waals surface area contributed by atoms with E-state index in [-0.39, 0.29) is 0 Å². The summed E-state index contributed by atoms with van der Waals surface area (Å²) in [6.45, 7) is 12.3.